The van der Waals surface area contributed by atoms with Crippen LogP contribution in [0.15, 0.2) is 120 Å². The predicted molar refractivity (Wildman–Crippen MR) is 150 cm³/mol. The summed E-state index contributed by atoms with van der Waals surface area (Å²) in [6.45, 7) is 0. The van der Waals surface area contributed by atoms with Crippen molar-refractivity contribution in [3.05, 3.63) is 137 Å². The Balaban J connectivity index is 1.53. The molecule has 0 aliphatic carbocycles. The monoisotopic (exact) mass is 481 g/mol. The zero-order valence-electron chi connectivity index (χ0n) is 19.9. The lowest BCUT2D eigenvalue weighted by Gasteiger charge is -2.11. The normalized spacial score (nSPS) is 11.4. The van der Waals surface area contributed by atoms with Gasteiger partial charge in [0.15, 0.2) is 0 Å². The number of nitrogen functional groups attached to an aromatic ring is 1. The average Bonchev–Trinajstić information content (AvgIpc) is 3.38. The van der Waals surface area contributed by atoms with Crippen LogP contribution < -0.4 is 11.3 Å². The highest BCUT2D eigenvalue weighted by atomic mass is 16.1. The number of hydrogen-bond donors (Lipinski definition) is 1. The minimum absolute atomic E-state index is 0.140. The molecule has 0 radical (unpaired) electrons. The number of nitrogens with two attached hydrogens (primary N) is 1. The Kier molecular flexibility index (Phi) is 5.67. The first-order valence-electron chi connectivity index (χ1n) is 11.9. The van der Waals surface area contributed by atoms with E-state index in [0.29, 0.717) is 28.1 Å². The summed E-state index contributed by atoms with van der Waals surface area (Å²) >= 11 is 0. The Morgan fingerprint density at radius 3 is 2.14 bits per heavy atom. The standard InChI is InChI=1S/C31H23N5O/c32-24-16-18-26(19-17-24)36-29(33-28-14-8-7-13-27(28)31(36)37)20-15-23-21-35(25-11-5-2-6-12-25)34-30(23)22-9-3-1-4-10-22/h1-21H,32H2/b20-15+. The van der Waals surface area contributed by atoms with E-state index in [2.05, 4.69) is 0 Å². The summed E-state index contributed by atoms with van der Waals surface area (Å²) in [5.41, 5.74) is 11.4. The van der Waals surface area contributed by atoms with Gasteiger partial charge in [0.1, 0.15) is 5.82 Å². The number of anilines is 1. The fraction of sp³-hybridized carbons (Fsp3) is 0. The highest BCUT2D eigenvalue weighted by Gasteiger charge is 2.13. The number of fused-ring (bicyclic) bond motifs is 1. The summed E-state index contributed by atoms with van der Waals surface area (Å²) in [6, 6.07) is 34.6. The molecular weight excluding hydrogens is 458 g/mol. The first-order valence-corrected chi connectivity index (χ1v) is 11.9. The summed E-state index contributed by atoms with van der Waals surface area (Å²) in [5.74, 6) is 0.514. The molecule has 0 aliphatic heterocycles. The molecular formula is C31H23N5O. The van der Waals surface area contributed by atoms with E-state index in [4.69, 9.17) is 15.8 Å². The minimum atomic E-state index is -0.140. The van der Waals surface area contributed by atoms with Crippen LogP contribution in [0, 0.1) is 0 Å². The Hall–Kier alpha value is -5.23. The molecule has 6 nitrogen and oxygen atoms in total. The molecule has 0 aliphatic rings. The molecule has 0 fully saturated rings. The van der Waals surface area contributed by atoms with Crippen molar-refractivity contribution in [1.29, 1.82) is 0 Å². The number of benzene rings is 4. The highest BCUT2D eigenvalue weighted by molar-refractivity contribution is 5.82. The molecule has 2 heterocycles. The van der Waals surface area contributed by atoms with Crippen LogP contribution in [0.25, 0.3) is 45.7 Å². The molecule has 0 atom stereocenters. The van der Waals surface area contributed by atoms with Gasteiger partial charge in [0, 0.05) is 23.0 Å². The van der Waals surface area contributed by atoms with E-state index in [9.17, 15) is 4.79 Å². The maximum Gasteiger partial charge on any atom is 0.266 e. The van der Waals surface area contributed by atoms with Crippen molar-refractivity contribution in [3.63, 3.8) is 0 Å². The summed E-state index contributed by atoms with van der Waals surface area (Å²) in [4.78, 5) is 18.4. The second kappa shape index (κ2) is 9.43. The van der Waals surface area contributed by atoms with Crippen molar-refractivity contribution < 1.29 is 0 Å². The molecule has 0 spiro atoms. The maximum absolute atomic E-state index is 13.6. The molecule has 0 amide bonds. The fourth-order valence-corrected chi connectivity index (χ4v) is 4.34. The molecule has 0 saturated carbocycles. The molecule has 4 aromatic carbocycles. The molecule has 6 aromatic rings. The Morgan fingerprint density at radius 2 is 1.38 bits per heavy atom. The predicted octanol–water partition coefficient (Wildman–Crippen LogP) is 5.99. The Morgan fingerprint density at radius 1 is 0.703 bits per heavy atom. The third-order valence-corrected chi connectivity index (χ3v) is 6.18. The molecule has 37 heavy (non-hydrogen) atoms. The van der Waals surface area contributed by atoms with Crippen molar-refractivity contribution in [2.45, 2.75) is 0 Å². The van der Waals surface area contributed by atoms with Crippen molar-refractivity contribution >= 4 is 28.7 Å². The summed E-state index contributed by atoms with van der Waals surface area (Å²) in [5, 5.41) is 5.44. The smallest absolute Gasteiger partial charge is 0.266 e. The van der Waals surface area contributed by atoms with Crippen LogP contribution in [0.5, 0.6) is 0 Å². The van der Waals surface area contributed by atoms with Gasteiger partial charge in [-0.25, -0.2) is 9.67 Å². The van der Waals surface area contributed by atoms with Crippen LogP contribution in [0.2, 0.25) is 0 Å². The van der Waals surface area contributed by atoms with E-state index in [0.717, 1.165) is 22.5 Å². The van der Waals surface area contributed by atoms with Gasteiger partial charge in [-0.15, -0.1) is 0 Å². The molecule has 0 unspecified atom stereocenters. The lowest BCUT2D eigenvalue weighted by Crippen LogP contribution is -2.22. The number of hydrogen-bond acceptors (Lipinski definition) is 4. The molecule has 2 aromatic heterocycles. The lowest BCUT2D eigenvalue weighted by atomic mass is 10.1. The summed E-state index contributed by atoms with van der Waals surface area (Å²) < 4.78 is 3.48. The molecule has 0 saturated heterocycles. The van der Waals surface area contributed by atoms with Gasteiger partial charge in [-0.05, 0) is 60.7 Å². The van der Waals surface area contributed by atoms with Gasteiger partial charge in [-0.3, -0.25) is 9.36 Å². The third-order valence-electron chi connectivity index (χ3n) is 6.18. The molecule has 2 N–H and O–H groups in total. The fourth-order valence-electron chi connectivity index (χ4n) is 4.34. The van der Waals surface area contributed by atoms with Gasteiger partial charge in [-0.1, -0.05) is 60.7 Å². The second-order valence-corrected chi connectivity index (χ2v) is 8.63. The first kappa shape index (κ1) is 22.2. The number of rotatable bonds is 5. The van der Waals surface area contributed by atoms with E-state index in [-0.39, 0.29) is 5.56 Å². The Labute approximate surface area is 213 Å². The van der Waals surface area contributed by atoms with Crippen LogP contribution >= 0.6 is 0 Å². The van der Waals surface area contributed by atoms with Crippen molar-refractivity contribution in [3.8, 4) is 22.6 Å². The van der Waals surface area contributed by atoms with Gasteiger partial charge < -0.3 is 5.73 Å². The molecule has 6 rings (SSSR count). The van der Waals surface area contributed by atoms with Gasteiger partial charge in [0.25, 0.3) is 5.56 Å². The lowest BCUT2D eigenvalue weighted by molar-refractivity contribution is 0.884. The molecule has 178 valence electrons. The third kappa shape index (κ3) is 4.32. The van der Waals surface area contributed by atoms with E-state index in [1.54, 1.807) is 22.8 Å². The van der Waals surface area contributed by atoms with Gasteiger partial charge in [0.05, 0.1) is 28.0 Å². The summed E-state index contributed by atoms with van der Waals surface area (Å²) in [7, 11) is 0. The van der Waals surface area contributed by atoms with Gasteiger partial charge in [0.2, 0.25) is 0 Å². The summed E-state index contributed by atoms with van der Waals surface area (Å²) in [6.07, 6.45) is 5.81. The van der Waals surface area contributed by atoms with Crippen LogP contribution in [0.4, 0.5) is 5.69 Å². The Bertz CT molecular complexity index is 1780. The van der Waals surface area contributed by atoms with Crippen molar-refractivity contribution in [2.24, 2.45) is 0 Å². The first-order chi connectivity index (χ1) is 18.2. The van der Waals surface area contributed by atoms with Crippen molar-refractivity contribution in [2.75, 3.05) is 5.73 Å². The van der Waals surface area contributed by atoms with Crippen LogP contribution in [-0.4, -0.2) is 19.3 Å². The molecule has 6 heteroatoms. The number of para-hydroxylation sites is 2. The minimum Gasteiger partial charge on any atom is -0.399 e. The van der Waals surface area contributed by atoms with E-state index < -0.39 is 0 Å². The van der Waals surface area contributed by atoms with E-state index in [1.807, 2.05) is 114 Å². The highest BCUT2D eigenvalue weighted by Crippen LogP contribution is 2.26. The number of nitrogens with zero attached hydrogens (tertiary/aromatic N) is 4. The van der Waals surface area contributed by atoms with Gasteiger partial charge >= 0.3 is 0 Å². The topological polar surface area (TPSA) is 78.7 Å². The second-order valence-electron chi connectivity index (χ2n) is 8.63. The number of aromatic nitrogens is 4. The zero-order chi connectivity index (χ0) is 25.2. The molecule has 0 bridgehead atoms. The van der Waals surface area contributed by atoms with Gasteiger partial charge in [-0.2, -0.15) is 5.10 Å². The quantitative estimate of drug-likeness (QED) is 0.307. The van der Waals surface area contributed by atoms with E-state index >= 15 is 0 Å². The SMILES string of the molecule is Nc1ccc(-n2c(/C=C/c3cn(-c4ccccc4)nc3-c3ccccc3)nc3ccccc3c2=O)cc1. The van der Waals surface area contributed by atoms with Crippen LogP contribution in [0.3, 0.4) is 0 Å². The van der Waals surface area contributed by atoms with E-state index in [1.165, 1.54) is 0 Å². The van der Waals surface area contributed by atoms with Crippen molar-refractivity contribution in [1.82, 2.24) is 19.3 Å². The average molecular weight is 482 g/mol. The maximum atomic E-state index is 13.6. The largest absolute Gasteiger partial charge is 0.399 e. The van der Waals surface area contributed by atoms with Crippen LogP contribution in [-0.2, 0) is 0 Å². The zero-order valence-corrected chi connectivity index (χ0v) is 19.9. The van der Waals surface area contributed by atoms with Crippen LogP contribution in [0.1, 0.15) is 11.4 Å².